The van der Waals surface area contributed by atoms with E-state index in [9.17, 15) is 5.11 Å². The van der Waals surface area contributed by atoms with Crippen molar-refractivity contribution in [2.45, 2.75) is 25.0 Å². The van der Waals surface area contributed by atoms with Crippen molar-refractivity contribution >= 4 is 5.69 Å². The molecule has 0 amide bonds. The van der Waals surface area contributed by atoms with Crippen LogP contribution in [0.25, 0.3) is 0 Å². The molecule has 1 saturated carbocycles. The second-order valence-electron chi connectivity index (χ2n) is 5.26. The quantitative estimate of drug-likeness (QED) is 0.663. The number of hydrogen-bond acceptors (Lipinski definition) is 5. The number of benzene rings is 1. The number of rotatable bonds is 9. The average Bonchev–Trinajstić information content (AvgIpc) is 3.26. The summed E-state index contributed by atoms with van der Waals surface area (Å²) < 4.78 is 10.7. The summed E-state index contributed by atoms with van der Waals surface area (Å²) in [5, 5.41) is 10.1. The molecule has 1 unspecified atom stereocenters. The van der Waals surface area contributed by atoms with Gasteiger partial charge >= 0.3 is 0 Å². The molecular formula is C15H24N2O3. The highest BCUT2D eigenvalue weighted by Gasteiger charge is 2.29. The minimum absolute atomic E-state index is 0.277. The summed E-state index contributed by atoms with van der Waals surface area (Å²) in [6.07, 6.45) is 1.92. The SMILES string of the molecule is COCCN(CC(O)COc1cccc(N)c1)C1CC1. The minimum atomic E-state index is -0.506. The van der Waals surface area contributed by atoms with Crippen LogP contribution in [-0.4, -0.2) is 55.6 Å². The Labute approximate surface area is 120 Å². The molecule has 5 nitrogen and oxygen atoms in total. The van der Waals surface area contributed by atoms with Crippen molar-refractivity contribution in [3.05, 3.63) is 24.3 Å². The Balaban J connectivity index is 1.74. The van der Waals surface area contributed by atoms with E-state index in [0.717, 1.165) is 6.54 Å². The van der Waals surface area contributed by atoms with Crippen LogP contribution in [0.5, 0.6) is 5.75 Å². The average molecular weight is 280 g/mol. The van der Waals surface area contributed by atoms with Crippen molar-refractivity contribution in [3.8, 4) is 5.75 Å². The summed E-state index contributed by atoms with van der Waals surface area (Å²) in [6.45, 7) is 2.45. The van der Waals surface area contributed by atoms with Gasteiger partial charge in [-0.15, -0.1) is 0 Å². The number of methoxy groups -OCH3 is 1. The molecule has 1 aromatic carbocycles. The highest BCUT2D eigenvalue weighted by molar-refractivity contribution is 5.43. The molecule has 1 aliphatic carbocycles. The van der Waals surface area contributed by atoms with Gasteiger partial charge in [-0.1, -0.05) is 6.07 Å². The number of ether oxygens (including phenoxy) is 2. The maximum absolute atomic E-state index is 10.1. The zero-order valence-electron chi connectivity index (χ0n) is 12.0. The molecule has 0 heterocycles. The van der Waals surface area contributed by atoms with Gasteiger partial charge in [0.2, 0.25) is 0 Å². The van der Waals surface area contributed by atoms with E-state index in [1.807, 2.05) is 18.2 Å². The normalized spacial score (nSPS) is 16.4. The van der Waals surface area contributed by atoms with Crippen LogP contribution in [0.1, 0.15) is 12.8 Å². The highest BCUT2D eigenvalue weighted by Crippen LogP contribution is 2.26. The Morgan fingerprint density at radius 1 is 1.45 bits per heavy atom. The predicted octanol–water partition coefficient (Wildman–Crippen LogP) is 1.12. The molecule has 1 aromatic rings. The largest absolute Gasteiger partial charge is 0.491 e. The number of hydrogen-bond donors (Lipinski definition) is 2. The Bertz CT molecular complexity index is 410. The highest BCUT2D eigenvalue weighted by atomic mass is 16.5. The summed E-state index contributed by atoms with van der Waals surface area (Å²) in [4.78, 5) is 2.27. The number of aliphatic hydroxyl groups is 1. The van der Waals surface area contributed by atoms with E-state index in [0.29, 0.717) is 30.6 Å². The van der Waals surface area contributed by atoms with Gasteiger partial charge in [0.1, 0.15) is 18.5 Å². The molecule has 20 heavy (non-hydrogen) atoms. The zero-order valence-corrected chi connectivity index (χ0v) is 12.0. The first-order chi connectivity index (χ1) is 9.69. The summed E-state index contributed by atoms with van der Waals surface area (Å²) in [6, 6.07) is 7.85. The van der Waals surface area contributed by atoms with E-state index >= 15 is 0 Å². The molecule has 0 aliphatic heterocycles. The van der Waals surface area contributed by atoms with Crippen LogP contribution in [0, 0.1) is 0 Å². The molecule has 3 N–H and O–H groups in total. The molecule has 2 rings (SSSR count). The third-order valence-electron chi connectivity index (χ3n) is 3.39. The van der Waals surface area contributed by atoms with Gasteiger partial charge in [-0.3, -0.25) is 4.90 Å². The Hall–Kier alpha value is -1.30. The van der Waals surface area contributed by atoms with Crippen LogP contribution in [0.3, 0.4) is 0 Å². The number of aliphatic hydroxyl groups excluding tert-OH is 1. The number of nitrogens with two attached hydrogens (primary N) is 1. The first-order valence-corrected chi connectivity index (χ1v) is 7.08. The van der Waals surface area contributed by atoms with Gasteiger partial charge in [0, 0.05) is 38.0 Å². The molecule has 1 fully saturated rings. The number of nitrogens with zero attached hydrogens (tertiary/aromatic N) is 1. The van der Waals surface area contributed by atoms with Gasteiger partial charge in [0.15, 0.2) is 0 Å². The third kappa shape index (κ3) is 5.00. The lowest BCUT2D eigenvalue weighted by Gasteiger charge is -2.24. The molecule has 0 saturated heterocycles. The van der Waals surface area contributed by atoms with E-state index < -0.39 is 6.10 Å². The van der Waals surface area contributed by atoms with Gasteiger partial charge in [-0.05, 0) is 25.0 Å². The van der Waals surface area contributed by atoms with Crippen molar-refractivity contribution in [2.75, 3.05) is 39.1 Å². The Kier molecular flexibility index (Phi) is 5.64. The molecule has 0 spiro atoms. The summed E-state index contributed by atoms with van der Waals surface area (Å²) in [5.74, 6) is 0.693. The van der Waals surface area contributed by atoms with Crippen molar-refractivity contribution in [1.29, 1.82) is 0 Å². The van der Waals surface area contributed by atoms with Gasteiger partial charge in [0.25, 0.3) is 0 Å². The Morgan fingerprint density at radius 2 is 2.25 bits per heavy atom. The van der Waals surface area contributed by atoms with Crippen molar-refractivity contribution in [1.82, 2.24) is 4.90 Å². The maximum Gasteiger partial charge on any atom is 0.121 e. The van der Waals surface area contributed by atoms with E-state index in [4.69, 9.17) is 15.2 Å². The fourth-order valence-corrected chi connectivity index (χ4v) is 2.19. The molecule has 0 aromatic heterocycles. The van der Waals surface area contributed by atoms with Crippen LogP contribution >= 0.6 is 0 Å². The smallest absolute Gasteiger partial charge is 0.121 e. The van der Waals surface area contributed by atoms with Gasteiger partial charge in [-0.25, -0.2) is 0 Å². The fourth-order valence-electron chi connectivity index (χ4n) is 2.19. The molecule has 0 radical (unpaired) electrons. The summed E-state index contributed by atoms with van der Waals surface area (Å²) in [5.41, 5.74) is 6.35. The first-order valence-electron chi connectivity index (χ1n) is 7.08. The molecule has 1 aliphatic rings. The van der Waals surface area contributed by atoms with Gasteiger partial charge in [-0.2, -0.15) is 0 Å². The lowest BCUT2D eigenvalue weighted by molar-refractivity contribution is 0.0540. The van der Waals surface area contributed by atoms with Crippen molar-refractivity contribution < 1.29 is 14.6 Å². The molecule has 5 heteroatoms. The van der Waals surface area contributed by atoms with Crippen LogP contribution in [0.4, 0.5) is 5.69 Å². The van der Waals surface area contributed by atoms with Crippen molar-refractivity contribution in [3.63, 3.8) is 0 Å². The minimum Gasteiger partial charge on any atom is -0.491 e. The van der Waals surface area contributed by atoms with Gasteiger partial charge < -0.3 is 20.3 Å². The van der Waals surface area contributed by atoms with E-state index in [1.54, 1.807) is 13.2 Å². The predicted molar refractivity (Wildman–Crippen MR) is 78.8 cm³/mol. The van der Waals surface area contributed by atoms with Crippen LogP contribution < -0.4 is 10.5 Å². The van der Waals surface area contributed by atoms with Gasteiger partial charge in [0.05, 0.1) is 6.61 Å². The standard InChI is InChI=1S/C15H24N2O3/c1-19-8-7-17(13-5-6-13)10-14(18)11-20-15-4-2-3-12(16)9-15/h2-4,9,13-14,18H,5-8,10-11,16H2,1H3. The van der Waals surface area contributed by atoms with Crippen molar-refractivity contribution in [2.24, 2.45) is 0 Å². The van der Waals surface area contributed by atoms with Crippen LogP contribution in [0.2, 0.25) is 0 Å². The molecule has 0 bridgehead atoms. The fraction of sp³-hybridized carbons (Fsp3) is 0.600. The second kappa shape index (κ2) is 7.47. The van der Waals surface area contributed by atoms with Crippen LogP contribution in [0.15, 0.2) is 24.3 Å². The van der Waals surface area contributed by atoms with E-state index in [2.05, 4.69) is 4.90 Å². The lowest BCUT2D eigenvalue weighted by Crippen LogP contribution is -2.38. The molecule has 112 valence electrons. The third-order valence-corrected chi connectivity index (χ3v) is 3.39. The topological polar surface area (TPSA) is 68.0 Å². The number of anilines is 1. The zero-order chi connectivity index (χ0) is 14.4. The lowest BCUT2D eigenvalue weighted by atomic mass is 10.3. The monoisotopic (exact) mass is 280 g/mol. The summed E-state index contributed by atoms with van der Waals surface area (Å²) in [7, 11) is 1.70. The second-order valence-corrected chi connectivity index (χ2v) is 5.26. The first kappa shape index (κ1) is 15.1. The Morgan fingerprint density at radius 3 is 2.90 bits per heavy atom. The summed E-state index contributed by atoms with van der Waals surface area (Å²) >= 11 is 0. The molecular weight excluding hydrogens is 256 g/mol. The van der Waals surface area contributed by atoms with E-state index in [1.165, 1.54) is 12.8 Å². The maximum atomic E-state index is 10.1. The molecule has 1 atom stereocenters. The number of nitrogen functional groups attached to an aromatic ring is 1. The van der Waals surface area contributed by atoms with Crippen LogP contribution in [-0.2, 0) is 4.74 Å². The van der Waals surface area contributed by atoms with E-state index in [-0.39, 0.29) is 6.61 Å².